The molecule has 1 saturated heterocycles. The molecule has 0 spiro atoms. The van der Waals surface area contributed by atoms with Gasteiger partial charge < -0.3 is 20.1 Å². The summed E-state index contributed by atoms with van der Waals surface area (Å²) in [6.45, 7) is 7.97. The first-order valence-electron chi connectivity index (χ1n) is 10.7. The van der Waals surface area contributed by atoms with E-state index >= 15 is 0 Å². The van der Waals surface area contributed by atoms with E-state index in [1.807, 2.05) is 25.1 Å². The van der Waals surface area contributed by atoms with Gasteiger partial charge in [-0.15, -0.1) is 0 Å². The Hall–Kier alpha value is -2.41. The molecule has 2 N–H and O–H groups in total. The van der Waals surface area contributed by atoms with Crippen molar-refractivity contribution >= 4 is 17.8 Å². The molecule has 0 bridgehead atoms. The number of hydrogen-bond acceptors (Lipinski definition) is 5. The summed E-state index contributed by atoms with van der Waals surface area (Å²) >= 11 is 0. The van der Waals surface area contributed by atoms with Gasteiger partial charge >= 0.3 is 5.97 Å². The highest BCUT2D eigenvalue weighted by atomic mass is 16.6. The topological polar surface area (TPSA) is 98.9 Å². The van der Waals surface area contributed by atoms with Crippen molar-refractivity contribution in [3.63, 3.8) is 0 Å². The standard InChI is InChI=1S/C23H32N2O5/c1-14-17-13-15(19-7-5-6-12-29-19)8-9-16(17)21(27)25(14)18(10-11-20(24)26)22(28)30-23(2,3)4/h8-9,13-14,18-19H,5-7,10-12H2,1-4H3,(H2,24,26)/t14-,18+,19?/m1/s1. The van der Waals surface area contributed by atoms with Crippen LogP contribution in [0.25, 0.3) is 0 Å². The molecular formula is C23H32N2O5. The number of nitrogens with two attached hydrogens (primary N) is 1. The van der Waals surface area contributed by atoms with Crippen LogP contribution in [0.5, 0.6) is 0 Å². The fourth-order valence-corrected chi connectivity index (χ4v) is 4.22. The highest BCUT2D eigenvalue weighted by Gasteiger charge is 2.43. The first-order valence-corrected chi connectivity index (χ1v) is 10.7. The Labute approximate surface area is 177 Å². The van der Waals surface area contributed by atoms with Gasteiger partial charge in [0.25, 0.3) is 5.91 Å². The van der Waals surface area contributed by atoms with E-state index in [-0.39, 0.29) is 30.9 Å². The zero-order chi connectivity index (χ0) is 22.1. The maximum absolute atomic E-state index is 13.2. The lowest BCUT2D eigenvalue weighted by Crippen LogP contribution is -2.46. The van der Waals surface area contributed by atoms with E-state index in [2.05, 4.69) is 0 Å². The van der Waals surface area contributed by atoms with Gasteiger partial charge in [0, 0.05) is 18.6 Å². The Balaban J connectivity index is 1.89. The first-order chi connectivity index (χ1) is 14.1. The lowest BCUT2D eigenvalue weighted by Gasteiger charge is -2.32. The normalized spacial score (nSPS) is 22.5. The quantitative estimate of drug-likeness (QED) is 0.717. The molecule has 1 aromatic rings. The van der Waals surface area contributed by atoms with Crippen molar-refractivity contribution in [1.29, 1.82) is 0 Å². The lowest BCUT2D eigenvalue weighted by atomic mass is 9.96. The SMILES string of the molecule is C[C@@H]1c2cc(C3CCCCO3)ccc2C(=O)N1[C@@H](CCC(N)=O)C(=O)OC(C)(C)C. The molecule has 3 rings (SSSR count). The number of hydrogen-bond donors (Lipinski definition) is 1. The van der Waals surface area contributed by atoms with E-state index in [4.69, 9.17) is 15.2 Å². The molecule has 2 aliphatic rings. The summed E-state index contributed by atoms with van der Waals surface area (Å²) in [5, 5.41) is 0. The Morgan fingerprint density at radius 3 is 2.63 bits per heavy atom. The third-order valence-corrected chi connectivity index (χ3v) is 5.64. The third kappa shape index (κ3) is 4.83. The van der Waals surface area contributed by atoms with Crippen molar-refractivity contribution in [3.05, 3.63) is 34.9 Å². The number of amides is 2. The molecule has 164 valence electrons. The number of ether oxygens (including phenoxy) is 2. The van der Waals surface area contributed by atoms with Crippen LogP contribution in [0.15, 0.2) is 18.2 Å². The average Bonchev–Trinajstić information content (AvgIpc) is 2.92. The van der Waals surface area contributed by atoms with Crippen molar-refractivity contribution < 1.29 is 23.9 Å². The van der Waals surface area contributed by atoms with Crippen LogP contribution in [0, 0.1) is 0 Å². The van der Waals surface area contributed by atoms with Crippen LogP contribution in [-0.4, -0.2) is 40.9 Å². The lowest BCUT2D eigenvalue weighted by molar-refractivity contribution is -0.161. The van der Waals surface area contributed by atoms with Gasteiger partial charge in [-0.05, 0) is 70.6 Å². The fourth-order valence-electron chi connectivity index (χ4n) is 4.22. The molecule has 1 fully saturated rings. The van der Waals surface area contributed by atoms with Crippen molar-refractivity contribution in [2.45, 2.75) is 83.6 Å². The molecule has 0 aliphatic carbocycles. The second-order valence-electron chi connectivity index (χ2n) is 9.14. The number of carbonyl (C=O) groups is 3. The largest absolute Gasteiger partial charge is 0.458 e. The predicted octanol–water partition coefficient (Wildman–Crippen LogP) is 3.42. The van der Waals surface area contributed by atoms with Gasteiger partial charge in [-0.3, -0.25) is 9.59 Å². The molecule has 0 radical (unpaired) electrons. The fraction of sp³-hybridized carbons (Fsp3) is 0.609. The number of rotatable bonds is 6. The molecule has 0 aromatic heterocycles. The predicted molar refractivity (Wildman–Crippen MR) is 112 cm³/mol. The second-order valence-corrected chi connectivity index (χ2v) is 9.14. The highest BCUT2D eigenvalue weighted by molar-refractivity contribution is 6.01. The monoisotopic (exact) mass is 416 g/mol. The Bertz CT molecular complexity index is 823. The molecule has 1 unspecified atom stereocenters. The summed E-state index contributed by atoms with van der Waals surface area (Å²) in [5.74, 6) is -1.27. The molecule has 30 heavy (non-hydrogen) atoms. The number of benzene rings is 1. The molecule has 2 heterocycles. The highest BCUT2D eigenvalue weighted by Crippen LogP contribution is 2.39. The number of esters is 1. The molecular weight excluding hydrogens is 384 g/mol. The van der Waals surface area contributed by atoms with Crippen molar-refractivity contribution in [3.8, 4) is 0 Å². The van der Waals surface area contributed by atoms with E-state index in [0.717, 1.165) is 37.0 Å². The van der Waals surface area contributed by atoms with Crippen molar-refractivity contribution in [2.75, 3.05) is 6.61 Å². The molecule has 3 atom stereocenters. The Morgan fingerprint density at radius 2 is 2.03 bits per heavy atom. The number of carbonyl (C=O) groups excluding carboxylic acids is 3. The van der Waals surface area contributed by atoms with Crippen LogP contribution in [-0.2, 0) is 19.1 Å². The van der Waals surface area contributed by atoms with Crippen LogP contribution in [0.3, 0.4) is 0 Å². The van der Waals surface area contributed by atoms with E-state index in [0.29, 0.717) is 5.56 Å². The minimum atomic E-state index is -0.874. The van der Waals surface area contributed by atoms with Crippen molar-refractivity contribution in [1.82, 2.24) is 4.90 Å². The minimum absolute atomic E-state index is 0.00206. The molecule has 2 aliphatic heterocycles. The zero-order valence-electron chi connectivity index (χ0n) is 18.3. The molecule has 2 amide bonds. The number of fused-ring (bicyclic) bond motifs is 1. The van der Waals surface area contributed by atoms with Gasteiger partial charge in [-0.25, -0.2) is 4.79 Å². The summed E-state index contributed by atoms with van der Waals surface area (Å²) in [5.41, 5.74) is 7.12. The van der Waals surface area contributed by atoms with Crippen LogP contribution < -0.4 is 5.73 Å². The third-order valence-electron chi connectivity index (χ3n) is 5.64. The minimum Gasteiger partial charge on any atom is -0.458 e. The van der Waals surface area contributed by atoms with Crippen LogP contribution in [0.1, 0.15) is 93.4 Å². The zero-order valence-corrected chi connectivity index (χ0v) is 18.3. The van der Waals surface area contributed by atoms with Gasteiger partial charge in [-0.2, -0.15) is 0 Å². The maximum Gasteiger partial charge on any atom is 0.329 e. The Morgan fingerprint density at radius 1 is 1.30 bits per heavy atom. The van der Waals surface area contributed by atoms with Gasteiger partial charge in [0.15, 0.2) is 0 Å². The van der Waals surface area contributed by atoms with Crippen molar-refractivity contribution in [2.24, 2.45) is 5.73 Å². The van der Waals surface area contributed by atoms with Gasteiger partial charge in [-0.1, -0.05) is 12.1 Å². The van der Waals surface area contributed by atoms with Crippen LogP contribution in [0.4, 0.5) is 0 Å². The summed E-state index contributed by atoms with van der Waals surface area (Å²) in [6, 6.07) is 4.59. The van der Waals surface area contributed by atoms with Crippen LogP contribution in [0.2, 0.25) is 0 Å². The summed E-state index contributed by atoms with van der Waals surface area (Å²) in [7, 11) is 0. The smallest absolute Gasteiger partial charge is 0.329 e. The van der Waals surface area contributed by atoms with Gasteiger partial charge in [0.2, 0.25) is 5.91 Å². The van der Waals surface area contributed by atoms with E-state index in [1.54, 1.807) is 20.8 Å². The summed E-state index contributed by atoms with van der Waals surface area (Å²) in [6.07, 6.45) is 3.32. The van der Waals surface area contributed by atoms with Crippen LogP contribution >= 0.6 is 0 Å². The number of primary amides is 1. The summed E-state index contributed by atoms with van der Waals surface area (Å²) < 4.78 is 11.4. The maximum atomic E-state index is 13.2. The van der Waals surface area contributed by atoms with Gasteiger partial charge in [0.1, 0.15) is 11.6 Å². The number of nitrogens with zero attached hydrogens (tertiary/aromatic N) is 1. The molecule has 7 nitrogen and oxygen atoms in total. The molecule has 0 saturated carbocycles. The van der Waals surface area contributed by atoms with E-state index in [1.165, 1.54) is 4.90 Å². The summed E-state index contributed by atoms with van der Waals surface area (Å²) in [4.78, 5) is 39.1. The first kappa shape index (κ1) is 22.3. The molecule has 1 aromatic carbocycles. The van der Waals surface area contributed by atoms with E-state index in [9.17, 15) is 14.4 Å². The van der Waals surface area contributed by atoms with Gasteiger partial charge in [0.05, 0.1) is 12.1 Å². The van der Waals surface area contributed by atoms with E-state index < -0.39 is 23.5 Å². The average molecular weight is 417 g/mol. The Kier molecular flexibility index (Phi) is 6.50. The molecule has 7 heteroatoms. The second kappa shape index (κ2) is 8.76.